The van der Waals surface area contributed by atoms with Crippen molar-refractivity contribution in [3.8, 4) is 112 Å². The summed E-state index contributed by atoms with van der Waals surface area (Å²) in [6, 6.07) is 155. The Kier molecular flexibility index (Phi) is 19.3. The topological polar surface area (TPSA) is 16.3 Å². The van der Waals surface area contributed by atoms with Crippen molar-refractivity contribution in [1.82, 2.24) is 9.13 Å². The van der Waals surface area contributed by atoms with Gasteiger partial charge in [0.25, 0.3) is 6.71 Å². The highest BCUT2D eigenvalue weighted by atomic mass is 15.2. The zero-order valence-electron chi connectivity index (χ0n) is 75.5. The molecule has 4 heterocycles. The molecule has 129 heavy (non-hydrogen) atoms. The van der Waals surface area contributed by atoms with Crippen molar-refractivity contribution >= 4 is 101 Å². The van der Waals surface area contributed by atoms with Crippen LogP contribution in [0.1, 0.15) is 105 Å². The molecule has 0 N–H and O–H groups in total. The summed E-state index contributed by atoms with van der Waals surface area (Å²) < 4.78 is 5.10. The second-order valence-corrected chi connectivity index (χ2v) is 39.7. The van der Waals surface area contributed by atoms with Gasteiger partial charge in [-0.2, -0.15) is 0 Å². The first-order chi connectivity index (χ1) is 62.5. The van der Waals surface area contributed by atoms with Gasteiger partial charge < -0.3 is 18.9 Å². The smallest absolute Gasteiger partial charge is 0.252 e. The van der Waals surface area contributed by atoms with Gasteiger partial charge in [0, 0.05) is 77.9 Å². The first kappa shape index (κ1) is 80.1. The molecule has 0 saturated carbocycles. The summed E-state index contributed by atoms with van der Waals surface area (Å²) in [5.74, 6) is 0. The van der Waals surface area contributed by atoms with Gasteiger partial charge in [-0.15, -0.1) is 0 Å². The average molecular weight is 1660 g/mol. The Morgan fingerprint density at radius 1 is 0.186 bits per heavy atom. The number of anilines is 6. The zero-order chi connectivity index (χ0) is 87.9. The average Bonchev–Trinajstić information content (AvgIpc) is 1.02. The number of rotatable bonds is 13. The Labute approximate surface area is 759 Å². The second kappa shape index (κ2) is 31.1. The van der Waals surface area contributed by atoms with E-state index in [-0.39, 0.29) is 28.4 Å². The van der Waals surface area contributed by atoms with Crippen LogP contribution in [0.2, 0.25) is 0 Å². The molecule has 0 bridgehead atoms. The van der Waals surface area contributed by atoms with Crippen LogP contribution in [0.5, 0.6) is 0 Å². The monoisotopic (exact) mass is 1660 g/mol. The molecule has 0 aliphatic carbocycles. The van der Waals surface area contributed by atoms with Crippen LogP contribution in [0.15, 0.2) is 406 Å². The van der Waals surface area contributed by atoms with Gasteiger partial charge >= 0.3 is 0 Å². The molecule has 0 radical (unpaired) electrons. The van der Waals surface area contributed by atoms with E-state index in [1.807, 2.05) is 0 Å². The van der Waals surface area contributed by atoms with E-state index in [1.165, 1.54) is 82.4 Å². The predicted molar refractivity (Wildman–Crippen MR) is 553 cm³/mol. The summed E-state index contributed by atoms with van der Waals surface area (Å²) in [6.45, 7) is 27.9. The Balaban J connectivity index is 0.905. The highest BCUT2D eigenvalue weighted by Gasteiger charge is 2.47. The lowest BCUT2D eigenvalue weighted by Crippen LogP contribution is -2.61. The lowest BCUT2D eigenvalue weighted by Gasteiger charge is -2.46. The van der Waals surface area contributed by atoms with Crippen LogP contribution < -0.4 is 26.2 Å². The summed E-state index contributed by atoms with van der Waals surface area (Å²) in [7, 11) is 0. The van der Waals surface area contributed by atoms with Gasteiger partial charge in [0.15, 0.2) is 0 Å². The molecule has 0 spiro atoms. The Morgan fingerprint density at radius 2 is 0.465 bits per heavy atom. The molecule has 0 atom stereocenters. The van der Waals surface area contributed by atoms with Gasteiger partial charge in [-0.05, 0) is 260 Å². The molecule has 2 aliphatic heterocycles. The predicted octanol–water partition coefficient (Wildman–Crippen LogP) is 32.2. The molecule has 4 nitrogen and oxygen atoms in total. The number of nitrogens with zero attached hydrogens (tertiary/aromatic N) is 4. The van der Waals surface area contributed by atoms with Gasteiger partial charge in [0.2, 0.25) is 0 Å². The maximum absolute atomic E-state index is 2.76. The van der Waals surface area contributed by atoms with Crippen LogP contribution in [0.4, 0.5) is 34.1 Å². The summed E-state index contributed by atoms with van der Waals surface area (Å²) >= 11 is 0. The summed E-state index contributed by atoms with van der Waals surface area (Å²) in [6.07, 6.45) is 0. The third kappa shape index (κ3) is 14.1. The summed E-state index contributed by atoms with van der Waals surface area (Å²) in [5, 5.41) is 4.92. The number of aromatic nitrogens is 2. The molecule has 622 valence electrons. The van der Waals surface area contributed by atoms with Crippen LogP contribution in [-0.4, -0.2) is 15.8 Å². The van der Waals surface area contributed by atoms with Gasteiger partial charge in [-0.3, -0.25) is 0 Å². The molecule has 0 unspecified atom stereocenters. The third-order valence-electron chi connectivity index (χ3n) is 27.3. The van der Waals surface area contributed by atoms with Crippen LogP contribution in [-0.2, 0) is 21.7 Å². The molecule has 2 aliphatic rings. The summed E-state index contributed by atoms with van der Waals surface area (Å²) in [5.41, 5.74) is 41.8. The molecule has 18 aromatic carbocycles. The molecule has 0 fully saturated rings. The Hall–Kier alpha value is -14.8. The molecular formula is C124H103BN4. The van der Waals surface area contributed by atoms with Crippen LogP contribution in [0.3, 0.4) is 0 Å². The normalized spacial score (nSPS) is 12.8. The first-order valence-electron chi connectivity index (χ1n) is 45.7. The quantitative estimate of drug-likeness (QED) is 0.107. The van der Waals surface area contributed by atoms with Crippen LogP contribution in [0, 0.1) is 0 Å². The van der Waals surface area contributed by atoms with Crippen molar-refractivity contribution in [2.45, 2.75) is 105 Å². The zero-order valence-corrected chi connectivity index (χ0v) is 75.5. The van der Waals surface area contributed by atoms with E-state index >= 15 is 0 Å². The number of hydrogen-bond donors (Lipinski definition) is 0. The minimum atomic E-state index is -0.337. The molecule has 20 aromatic rings. The van der Waals surface area contributed by atoms with Gasteiger partial charge in [-0.25, -0.2) is 0 Å². The van der Waals surface area contributed by atoms with E-state index in [0.717, 1.165) is 145 Å². The van der Waals surface area contributed by atoms with Crippen molar-refractivity contribution in [3.63, 3.8) is 0 Å². The van der Waals surface area contributed by atoms with Crippen molar-refractivity contribution in [2.75, 3.05) is 9.80 Å². The second-order valence-electron chi connectivity index (χ2n) is 39.7. The molecular weight excluding hydrogens is 1560 g/mol. The summed E-state index contributed by atoms with van der Waals surface area (Å²) in [4.78, 5) is 5.52. The highest BCUT2D eigenvalue weighted by Crippen LogP contribution is 2.57. The van der Waals surface area contributed by atoms with Crippen molar-refractivity contribution in [1.29, 1.82) is 0 Å². The van der Waals surface area contributed by atoms with E-state index in [2.05, 4.69) is 508 Å². The molecule has 2 aromatic heterocycles. The fourth-order valence-corrected chi connectivity index (χ4v) is 20.4. The van der Waals surface area contributed by atoms with E-state index < -0.39 is 0 Å². The standard InChI is InChI=1S/C124H103BN4/c1-121(2,3)94-58-64-112-106(72-94)100-54-28-30-56-110(100)126(112)98-60-62-108-114(78-98)128(119-102(83-42-24-16-25-43-83)74-96(123(7,8)9)76-104(119)91-52-34-50-89(68-91)87-48-32-46-85(66-87)80-36-18-13-19-37-80)116-70-93(82-40-22-15-23-41-82)71-117-118(116)125(108)109-63-61-99(127-111-57-31-29-55-101(111)107-73-95(122(4,5)6)59-65-113(107)127)79-115(109)129(117)120-103(84-44-26-17-27-45-84)75-97(124(10,11)12)77-105(120)92-53-35-51-90(69-92)88-49-33-47-86(67-88)81-38-20-14-21-39-81/h13-79H,1-12H3. The lowest BCUT2D eigenvalue weighted by molar-refractivity contribution is 0.590. The van der Waals surface area contributed by atoms with Crippen molar-refractivity contribution in [3.05, 3.63) is 429 Å². The van der Waals surface area contributed by atoms with E-state index in [1.54, 1.807) is 0 Å². The molecule has 22 rings (SSSR count). The van der Waals surface area contributed by atoms with Crippen molar-refractivity contribution in [2.24, 2.45) is 0 Å². The number of hydrogen-bond acceptors (Lipinski definition) is 2. The minimum absolute atomic E-state index is 0.0784. The van der Waals surface area contributed by atoms with Gasteiger partial charge in [-0.1, -0.05) is 368 Å². The lowest BCUT2D eigenvalue weighted by atomic mass is 9.33. The number of para-hydroxylation sites is 2. The Morgan fingerprint density at radius 3 is 0.814 bits per heavy atom. The highest BCUT2D eigenvalue weighted by molar-refractivity contribution is 7.00. The first-order valence-corrected chi connectivity index (χ1v) is 45.7. The fraction of sp³-hybridized carbons (Fsp3) is 0.129. The third-order valence-corrected chi connectivity index (χ3v) is 27.3. The van der Waals surface area contributed by atoms with E-state index in [0.29, 0.717) is 0 Å². The maximum atomic E-state index is 2.76. The maximum Gasteiger partial charge on any atom is 0.252 e. The minimum Gasteiger partial charge on any atom is -0.310 e. The number of benzene rings is 18. The van der Waals surface area contributed by atoms with E-state index in [4.69, 9.17) is 0 Å². The van der Waals surface area contributed by atoms with Crippen LogP contribution in [0.25, 0.3) is 155 Å². The molecule has 0 amide bonds. The van der Waals surface area contributed by atoms with Crippen molar-refractivity contribution < 1.29 is 0 Å². The van der Waals surface area contributed by atoms with Gasteiger partial charge in [0.1, 0.15) is 0 Å². The van der Waals surface area contributed by atoms with E-state index in [9.17, 15) is 0 Å². The fourth-order valence-electron chi connectivity index (χ4n) is 20.4. The molecule has 0 saturated heterocycles. The number of fused-ring (bicyclic) bond motifs is 10. The van der Waals surface area contributed by atoms with Gasteiger partial charge in [0.05, 0.1) is 33.4 Å². The Bertz CT molecular complexity index is 7380. The molecule has 5 heteroatoms. The van der Waals surface area contributed by atoms with Crippen LogP contribution >= 0.6 is 0 Å². The largest absolute Gasteiger partial charge is 0.310 e. The SMILES string of the molecule is CC(C)(C)c1cc(-c2ccccc2)c(N2c3cc(-n4c5ccccc5c5cc(C(C)(C)C)ccc54)ccc3B3c4ccc(-n5c6ccccc6c6cc(C(C)(C)C)ccc65)cc4N(c4c(-c5ccccc5)cc(C(C)(C)C)cc4-c4cccc(-c5cccc(-c6ccccc6)c5)c4)c4cc(-c5ccccc5)cc2c43)c(-c2cccc(-c3cccc(-c4ccccc4)c3)c2)c1.